The highest BCUT2D eigenvalue weighted by Gasteiger charge is 2.30. The summed E-state index contributed by atoms with van der Waals surface area (Å²) >= 11 is 0. The number of nitro groups is 1. The molecule has 0 amide bonds. The number of hydrogen-bond donors (Lipinski definition) is 1. The zero-order valence-corrected chi connectivity index (χ0v) is 11.8. The van der Waals surface area contributed by atoms with E-state index >= 15 is 0 Å². The van der Waals surface area contributed by atoms with Crippen LogP contribution in [0, 0.1) is 10.1 Å². The lowest BCUT2D eigenvalue weighted by molar-refractivity contribution is -0.384. The van der Waals surface area contributed by atoms with Crippen molar-refractivity contribution in [2.75, 3.05) is 23.7 Å². The summed E-state index contributed by atoms with van der Waals surface area (Å²) in [5, 5.41) is 11.0. The van der Waals surface area contributed by atoms with Crippen LogP contribution in [-0.2, 0) is 0 Å². The Morgan fingerprint density at radius 1 is 1.33 bits per heavy atom. The SMILES string of the molecule is C[Si]1(C)CCN(c2cc(N)ccc2[N+](=O)[O-])CC1. The fourth-order valence-electron chi connectivity index (χ4n) is 2.30. The predicted molar refractivity (Wildman–Crippen MR) is 76.8 cm³/mol. The van der Waals surface area contributed by atoms with Crippen molar-refractivity contribution in [2.45, 2.75) is 25.2 Å². The Hall–Kier alpha value is -1.56. The number of rotatable bonds is 2. The number of benzene rings is 1. The predicted octanol–water partition coefficient (Wildman–Crippen LogP) is 2.71. The molecule has 1 aliphatic heterocycles. The molecule has 1 aromatic rings. The summed E-state index contributed by atoms with van der Waals surface area (Å²) in [5.74, 6) is 0. The second kappa shape index (κ2) is 4.60. The highest BCUT2D eigenvalue weighted by Crippen LogP contribution is 2.34. The first kappa shape index (κ1) is 12.9. The highest BCUT2D eigenvalue weighted by molar-refractivity contribution is 6.77. The van der Waals surface area contributed by atoms with Gasteiger partial charge in [-0.15, -0.1) is 0 Å². The number of hydrogen-bond acceptors (Lipinski definition) is 4. The molecule has 18 heavy (non-hydrogen) atoms. The van der Waals surface area contributed by atoms with E-state index in [9.17, 15) is 10.1 Å². The Balaban J connectivity index is 2.28. The second-order valence-corrected chi connectivity index (χ2v) is 11.0. The van der Waals surface area contributed by atoms with Crippen molar-refractivity contribution in [3.8, 4) is 0 Å². The largest absolute Gasteiger partial charge is 0.399 e. The molecule has 0 aliphatic carbocycles. The zero-order valence-electron chi connectivity index (χ0n) is 10.8. The van der Waals surface area contributed by atoms with Gasteiger partial charge in [0.1, 0.15) is 5.69 Å². The van der Waals surface area contributed by atoms with E-state index in [1.807, 2.05) is 0 Å². The van der Waals surface area contributed by atoms with Gasteiger partial charge in [0.05, 0.1) is 13.0 Å². The van der Waals surface area contributed by atoms with E-state index in [2.05, 4.69) is 18.0 Å². The standard InChI is InChI=1S/C12H19N3O2Si/c1-18(2)7-5-14(6-8-18)12-9-10(13)3-4-11(12)15(16)17/h3-4,9H,5-8,13H2,1-2H3. The van der Waals surface area contributed by atoms with Crippen molar-refractivity contribution in [3.05, 3.63) is 28.3 Å². The molecule has 0 saturated carbocycles. The third kappa shape index (κ3) is 2.64. The van der Waals surface area contributed by atoms with Crippen LogP contribution in [0.25, 0.3) is 0 Å². The maximum atomic E-state index is 11.0. The van der Waals surface area contributed by atoms with Crippen LogP contribution in [0.2, 0.25) is 25.2 Å². The first-order valence-corrected chi connectivity index (χ1v) is 9.59. The molecular weight excluding hydrogens is 246 g/mol. The second-order valence-electron chi connectivity index (χ2n) is 5.66. The Bertz CT molecular complexity index is 466. The molecule has 0 unspecified atom stereocenters. The Morgan fingerprint density at radius 2 is 1.94 bits per heavy atom. The van der Waals surface area contributed by atoms with Gasteiger partial charge in [0.25, 0.3) is 5.69 Å². The summed E-state index contributed by atoms with van der Waals surface area (Å²) in [6.45, 7) is 6.56. The number of nitrogen functional groups attached to an aromatic ring is 1. The van der Waals surface area contributed by atoms with Crippen LogP contribution in [0.3, 0.4) is 0 Å². The van der Waals surface area contributed by atoms with Gasteiger partial charge in [0.15, 0.2) is 0 Å². The molecule has 0 atom stereocenters. The summed E-state index contributed by atoms with van der Waals surface area (Å²) < 4.78 is 0. The van der Waals surface area contributed by atoms with E-state index in [1.165, 1.54) is 18.2 Å². The van der Waals surface area contributed by atoms with Gasteiger partial charge in [0, 0.05) is 24.8 Å². The summed E-state index contributed by atoms with van der Waals surface area (Å²) in [6, 6.07) is 7.17. The van der Waals surface area contributed by atoms with Crippen LogP contribution >= 0.6 is 0 Å². The molecule has 1 aliphatic rings. The van der Waals surface area contributed by atoms with Crippen molar-refractivity contribution >= 4 is 25.1 Å². The van der Waals surface area contributed by atoms with Crippen LogP contribution in [-0.4, -0.2) is 26.1 Å². The first-order valence-electron chi connectivity index (χ1n) is 6.18. The molecule has 1 heterocycles. The van der Waals surface area contributed by atoms with Gasteiger partial charge in [0.2, 0.25) is 0 Å². The summed E-state index contributed by atoms with van der Waals surface area (Å²) in [4.78, 5) is 12.8. The van der Waals surface area contributed by atoms with Gasteiger partial charge in [-0.2, -0.15) is 0 Å². The van der Waals surface area contributed by atoms with E-state index in [4.69, 9.17) is 5.73 Å². The fraction of sp³-hybridized carbons (Fsp3) is 0.500. The summed E-state index contributed by atoms with van der Waals surface area (Å²) in [6.07, 6.45) is 0. The van der Waals surface area contributed by atoms with Crippen LogP contribution in [0.15, 0.2) is 18.2 Å². The summed E-state index contributed by atoms with van der Waals surface area (Å²) in [7, 11) is -1.07. The number of anilines is 2. The topological polar surface area (TPSA) is 72.4 Å². The van der Waals surface area contributed by atoms with Crippen molar-refractivity contribution in [3.63, 3.8) is 0 Å². The molecular formula is C12H19N3O2Si. The van der Waals surface area contributed by atoms with E-state index < -0.39 is 8.07 Å². The van der Waals surface area contributed by atoms with E-state index in [0.717, 1.165) is 13.1 Å². The van der Waals surface area contributed by atoms with Crippen LogP contribution in [0.1, 0.15) is 0 Å². The maximum absolute atomic E-state index is 11.0. The van der Waals surface area contributed by atoms with Gasteiger partial charge in [-0.1, -0.05) is 13.1 Å². The molecule has 2 N–H and O–H groups in total. The number of nitrogens with two attached hydrogens (primary N) is 1. The van der Waals surface area contributed by atoms with E-state index in [-0.39, 0.29) is 10.6 Å². The van der Waals surface area contributed by atoms with Crippen molar-refractivity contribution in [1.29, 1.82) is 0 Å². The lowest BCUT2D eigenvalue weighted by Gasteiger charge is -2.36. The molecule has 2 rings (SSSR count). The molecule has 1 fully saturated rings. The van der Waals surface area contributed by atoms with E-state index in [0.29, 0.717) is 11.4 Å². The smallest absolute Gasteiger partial charge is 0.292 e. The lowest BCUT2D eigenvalue weighted by atomic mass is 10.2. The van der Waals surface area contributed by atoms with Gasteiger partial charge in [-0.05, 0) is 24.2 Å². The minimum atomic E-state index is -1.07. The Labute approximate surface area is 108 Å². The zero-order chi connectivity index (χ0) is 13.3. The summed E-state index contributed by atoms with van der Waals surface area (Å²) in [5.41, 5.74) is 7.16. The molecule has 98 valence electrons. The molecule has 0 spiro atoms. The minimum Gasteiger partial charge on any atom is -0.399 e. The monoisotopic (exact) mass is 265 g/mol. The van der Waals surface area contributed by atoms with Crippen LogP contribution in [0.5, 0.6) is 0 Å². The molecule has 0 bridgehead atoms. The molecule has 1 saturated heterocycles. The van der Waals surface area contributed by atoms with Crippen molar-refractivity contribution in [1.82, 2.24) is 0 Å². The van der Waals surface area contributed by atoms with Crippen molar-refractivity contribution < 1.29 is 4.92 Å². The highest BCUT2D eigenvalue weighted by atomic mass is 28.3. The lowest BCUT2D eigenvalue weighted by Crippen LogP contribution is -2.43. The third-order valence-corrected chi connectivity index (χ3v) is 6.81. The molecule has 0 radical (unpaired) electrons. The Morgan fingerprint density at radius 3 is 2.50 bits per heavy atom. The third-order valence-electron chi connectivity index (χ3n) is 3.65. The van der Waals surface area contributed by atoms with Crippen molar-refractivity contribution in [2.24, 2.45) is 0 Å². The minimum absolute atomic E-state index is 0.158. The fourth-order valence-corrected chi connectivity index (χ4v) is 4.30. The van der Waals surface area contributed by atoms with Gasteiger partial charge < -0.3 is 10.6 Å². The van der Waals surface area contributed by atoms with Gasteiger partial charge in [-0.25, -0.2) is 0 Å². The molecule has 6 heteroatoms. The van der Waals surface area contributed by atoms with Gasteiger partial charge >= 0.3 is 0 Å². The van der Waals surface area contributed by atoms with Gasteiger partial charge in [-0.3, -0.25) is 10.1 Å². The molecule has 0 aromatic heterocycles. The first-order chi connectivity index (χ1) is 8.39. The van der Waals surface area contributed by atoms with Crippen LogP contribution in [0.4, 0.5) is 17.1 Å². The average molecular weight is 265 g/mol. The maximum Gasteiger partial charge on any atom is 0.292 e. The normalized spacial score (nSPS) is 18.7. The van der Waals surface area contributed by atoms with Crippen LogP contribution < -0.4 is 10.6 Å². The molecule has 5 nitrogen and oxygen atoms in total. The average Bonchev–Trinajstić information content (AvgIpc) is 2.28. The number of nitrogens with zero attached hydrogens (tertiary/aromatic N) is 2. The Kier molecular flexibility index (Phi) is 3.29. The number of nitro benzene ring substituents is 1. The molecule has 1 aromatic carbocycles. The quantitative estimate of drug-likeness (QED) is 0.386. The van der Waals surface area contributed by atoms with E-state index in [1.54, 1.807) is 12.1 Å².